The van der Waals surface area contributed by atoms with Crippen LogP contribution in [0.4, 0.5) is 0 Å². The minimum absolute atomic E-state index is 0.0380. The fourth-order valence-electron chi connectivity index (χ4n) is 1.58. The highest BCUT2D eigenvalue weighted by molar-refractivity contribution is 5.33. The van der Waals surface area contributed by atoms with Gasteiger partial charge in [0, 0.05) is 6.54 Å². The summed E-state index contributed by atoms with van der Waals surface area (Å²) in [4.78, 5) is 2.06. The third kappa shape index (κ3) is 2.81. The second kappa shape index (κ2) is 4.95. The SMILES string of the molecule is Cc1cccc(C)c1CN(C)C(C)C#N. The van der Waals surface area contributed by atoms with Crippen LogP contribution in [0.25, 0.3) is 0 Å². The number of hydrogen-bond acceptors (Lipinski definition) is 2. The minimum atomic E-state index is -0.0380. The fraction of sp³-hybridized carbons (Fsp3) is 0.462. The molecule has 1 unspecified atom stereocenters. The summed E-state index contributed by atoms with van der Waals surface area (Å²) in [5.74, 6) is 0. The number of hydrogen-bond donors (Lipinski definition) is 0. The summed E-state index contributed by atoms with van der Waals surface area (Å²) in [6, 6.07) is 8.52. The Morgan fingerprint density at radius 1 is 1.33 bits per heavy atom. The van der Waals surface area contributed by atoms with E-state index < -0.39 is 0 Å². The van der Waals surface area contributed by atoms with Crippen LogP contribution in [0.15, 0.2) is 18.2 Å². The van der Waals surface area contributed by atoms with Gasteiger partial charge in [-0.1, -0.05) is 18.2 Å². The van der Waals surface area contributed by atoms with E-state index in [1.807, 2.05) is 14.0 Å². The zero-order valence-electron chi connectivity index (χ0n) is 9.91. The van der Waals surface area contributed by atoms with Crippen LogP contribution in [0.3, 0.4) is 0 Å². The van der Waals surface area contributed by atoms with Crippen LogP contribution in [-0.4, -0.2) is 18.0 Å². The molecule has 2 heteroatoms. The predicted molar refractivity (Wildman–Crippen MR) is 62.5 cm³/mol. The van der Waals surface area contributed by atoms with E-state index in [0.717, 1.165) is 6.54 Å². The van der Waals surface area contributed by atoms with Crippen LogP contribution in [-0.2, 0) is 6.54 Å². The van der Waals surface area contributed by atoms with Crippen LogP contribution in [0.2, 0.25) is 0 Å². The first-order chi connectivity index (χ1) is 7.06. The minimum Gasteiger partial charge on any atom is -0.287 e. The Balaban J connectivity index is 2.86. The monoisotopic (exact) mass is 202 g/mol. The maximum absolute atomic E-state index is 8.83. The van der Waals surface area contributed by atoms with E-state index in [4.69, 9.17) is 5.26 Å². The van der Waals surface area contributed by atoms with Crippen LogP contribution >= 0.6 is 0 Å². The highest BCUT2D eigenvalue weighted by atomic mass is 15.1. The summed E-state index contributed by atoms with van der Waals surface area (Å²) in [7, 11) is 1.99. The van der Waals surface area contributed by atoms with E-state index in [0.29, 0.717) is 0 Å². The average Bonchev–Trinajstić information content (AvgIpc) is 2.22. The van der Waals surface area contributed by atoms with Crippen LogP contribution in [0, 0.1) is 25.2 Å². The van der Waals surface area contributed by atoms with Crippen molar-refractivity contribution in [3.8, 4) is 6.07 Å². The molecule has 80 valence electrons. The van der Waals surface area contributed by atoms with Crippen molar-refractivity contribution < 1.29 is 0 Å². The van der Waals surface area contributed by atoms with Gasteiger partial charge in [-0.2, -0.15) is 5.26 Å². The van der Waals surface area contributed by atoms with Crippen molar-refractivity contribution in [1.82, 2.24) is 4.90 Å². The molecule has 0 aliphatic heterocycles. The molecule has 0 amide bonds. The molecular formula is C13H18N2. The van der Waals surface area contributed by atoms with Gasteiger partial charge in [-0.15, -0.1) is 0 Å². The fourth-order valence-corrected chi connectivity index (χ4v) is 1.58. The molecule has 0 radical (unpaired) electrons. The first kappa shape index (κ1) is 11.7. The molecule has 0 fully saturated rings. The molecule has 0 aromatic heterocycles. The highest BCUT2D eigenvalue weighted by Crippen LogP contribution is 2.15. The van der Waals surface area contributed by atoms with Crippen molar-refractivity contribution >= 4 is 0 Å². The molecule has 0 saturated heterocycles. The summed E-state index contributed by atoms with van der Waals surface area (Å²) < 4.78 is 0. The highest BCUT2D eigenvalue weighted by Gasteiger charge is 2.10. The van der Waals surface area contributed by atoms with Crippen LogP contribution in [0.5, 0.6) is 0 Å². The Bertz CT molecular complexity index is 356. The Kier molecular flexibility index (Phi) is 3.88. The van der Waals surface area contributed by atoms with Crippen molar-refractivity contribution in [2.45, 2.75) is 33.4 Å². The Labute approximate surface area is 92.1 Å². The maximum atomic E-state index is 8.83. The van der Waals surface area contributed by atoms with E-state index >= 15 is 0 Å². The molecule has 1 aromatic carbocycles. The molecule has 0 saturated carbocycles. The van der Waals surface area contributed by atoms with E-state index in [9.17, 15) is 0 Å². The van der Waals surface area contributed by atoms with Crippen molar-refractivity contribution in [3.63, 3.8) is 0 Å². The van der Waals surface area contributed by atoms with Crippen LogP contribution in [0.1, 0.15) is 23.6 Å². The number of benzene rings is 1. The van der Waals surface area contributed by atoms with Gasteiger partial charge in [-0.3, -0.25) is 4.90 Å². The first-order valence-corrected chi connectivity index (χ1v) is 5.21. The van der Waals surface area contributed by atoms with Crippen molar-refractivity contribution in [3.05, 3.63) is 34.9 Å². The van der Waals surface area contributed by atoms with Gasteiger partial charge in [0.1, 0.15) is 0 Å². The molecule has 1 atom stereocenters. The topological polar surface area (TPSA) is 27.0 Å². The zero-order chi connectivity index (χ0) is 11.4. The Hall–Kier alpha value is -1.33. The molecular weight excluding hydrogens is 184 g/mol. The van der Waals surface area contributed by atoms with E-state index in [1.165, 1.54) is 16.7 Å². The molecule has 2 nitrogen and oxygen atoms in total. The largest absolute Gasteiger partial charge is 0.287 e. The van der Waals surface area contributed by atoms with Crippen LogP contribution < -0.4 is 0 Å². The number of rotatable bonds is 3. The summed E-state index contributed by atoms with van der Waals surface area (Å²) >= 11 is 0. The van der Waals surface area contributed by atoms with Gasteiger partial charge in [0.15, 0.2) is 0 Å². The van der Waals surface area contributed by atoms with Crippen molar-refractivity contribution in [1.29, 1.82) is 5.26 Å². The summed E-state index contributed by atoms with van der Waals surface area (Å²) in [5.41, 5.74) is 3.93. The molecule has 0 aliphatic rings. The van der Waals surface area contributed by atoms with Gasteiger partial charge >= 0.3 is 0 Å². The van der Waals surface area contributed by atoms with Crippen molar-refractivity contribution in [2.24, 2.45) is 0 Å². The summed E-state index contributed by atoms with van der Waals surface area (Å²) in [6.07, 6.45) is 0. The number of nitriles is 1. The second-order valence-electron chi connectivity index (χ2n) is 4.09. The standard InChI is InChI=1S/C13H18N2/c1-10-6-5-7-11(2)13(10)9-15(4)12(3)8-14/h5-7,12H,9H2,1-4H3. The summed E-state index contributed by atoms with van der Waals surface area (Å²) in [6.45, 7) is 7.00. The third-order valence-corrected chi connectivity index (χ3v) is 2.90. The van der Waals surface area contributed by atoms with Gasteiger partial charge in [-0.25, -0.2) is 0 Å². The van der Waals surface area contributed by atoms with Crippen molar-refractivity contribution in [2.75, 3.05) is 7.05 Å². The average molecular weight is 202 g/mol. The lowest BCUT2D eigenvalue weighted by molar-refractivity contribution is 0.293. The van der Waals surface area contributed by atoms with E-state index in [-0.39, 0.29) is 6.04 Å². The molecule has 1 aromatic rings. The van der Waals surface area contributed by atoms with E-state index in [1.54, 1.807) is 0 Å². The molecule has 0 heterocycles. The Morgan fingerprint density at radius 2 is 1.87 bits per heavy atom. The zero-order valence-corrected chi connectivity index (χ0v) is 9.91. The smallest absolute Gasteiger partial charge is 0.0949 e. The normalized spacial score (nSPS) is 12.5. The Morgan fingerprint density at radius 3 is 2.33 bits per heavy atom. The molecule has 1 rings (SSSR count). The molecule has 0 N–H and O–H groups in total. The molecule has 15 heavy (non-hydrogen) atoms. The molecule has 0 aliphatic carbocycles. The van der Waals surface area contributed by atoms with Gasteiger partial charge in [0.05, 0.1) is 12.1 Å². The molecule has 0 spiro atoms. The van der Waals surface area contributed by atoms with Gasteiger partial charge in [0.2, 0.25) is 0 Å². The number of aryl methyl sites for hydroxylation is 2. The second-order valence-corrected chi connectivity index (χ2v) is 4.09. The lowest BCUT2D eigenvalue weighted by atomic mass is 10.0. The summed E-state index contributed by atoms with van der Waals surface area (Å²) in [5, 5.41) is 8.83. The van der Waals surface area contributed by atoms with E-state index in [2.05, 4.69) is 43.0 Å². The maximum Gasteiger partial charge on any atom is 0.0949 e. The lowest BCUT2D eigenvalue weighted by Crippen LogP contribution is -2.27. The third-order valence-electron chi connectivity index (χ3n) is 2.90. The number of nitrogens with zero attached hydrogens (tertiary/aromatic N) is 2. The van der Waals surface area contributed by atoms with Gasteiger partial charge in [-0.05, 0) is 44.5 Å². The van der Waals surface area contributed by atoms with Gasteiger partial charge in [0.25, 0.3) is 0 Å². The predicted octanol–water partition coefficient (Wildman–Crippen LogP) is 2.65. The quantitative estimate of drug-likeness (QED) is 0.753. The molecule has 0 bridgehead atoms. The first-order valence-electron chi connectivity index (χ1n) is 5.21. The van der Waals surface area contributed by atoms with Gasteiger partial charge < -0.3 is 0 Å². The lowest BCUT2D eigenvalue weighted by Gasteiger charge is -2.21.